The number of anilines is 3. The van der Waals surface area contributed by atoms with Gasteiger partial charge in [-0.1, -0.05) is 18.2 Å². The minimum absolute atomic E-state index is 0.0598. The van der Waals surface area contributed by atoms with Crippen LogP contribution < -0.4 is 20.1 Å². The van der Waals surface area contributed by atoms with Crippen molar-refractivity contribution in [3.8, 4) is 11.5 Å². The Morgan fingerprint density at radius 1 is 1.00 bits per heavy atom. The van der Waals surface area contributed by atoms with Gasteiger partial charge < -0.3 is 20.1 Å². The van der Waals surface area contributed by atoms with Crippen LogP contribution in [0, 0.1) is 0 Å². The molecule has 0 spiro atoms. The Morgan fingerprint density at radius 2 is 1.82 bits per heavy atom. The fourth-order valence-corrected chi connectivity index (χ4v) is 2.61. The molecule has 0 atom stereocenters. The smallest absolute Gasteiger partial charge is 0.274 e. The van der Waals surface area contributed by atoms with Crippen molar-refractivity contribution in [2.24, 2.45) is 0 Å². The van der Waals surface area contributed by atoms with Crippen molar-refractivity contribution in [2.75, 3.05) is 17.7 Å². The molecule has 6 nitrogen and oxygen atoms in total. The normalized spacial score (nSPS) is 10.4. The van der Waals surface area contributed by atoms with E-state index in [1.54, 1.807) is 37.6 Å². The predicted octanol–water partition coefficient (Wildman–Crippen LogP) is 4.87. The molecular weight excluding hydrogens is 354 g/mol. The standard InChI is InChI=1S/C22H23N3O3/c1-15(2)28-21-10-5-4-9-19(21)24-17-11-12-23-20(14-17)22(26)25-16-7-6-8-18(13-16)27-3/h4-15H,1-3H3,(H,23,24)(H,25,26). The van der Waals surface area contributed by atoms with Crippen LogP contribution in [-0.2, 0) is 0 Å². The van der Waals surface area contributed by atoms with Gasteiger partial charge in [-0.15, -0.1) is 0 Å². The highest BCUT2D eigenvalue weighted by Gasteiger charge is 2.11. The van der Waals surface area contributed by atoms with E-state index in [0.29, 0.717) is 17.1 Å². The Bertz CT molecular complexity index is 957. The topological polar surface area (TPSA) is 72.5 Å². The fraction of sp³-hybridized carbons (Fsp3) is 0.182. The number of ether oxygens (including phenoxy) is 2. The first kappa shape index (κ1) is 19.2. The average Bonchev–Trinajstić information content (AvgIpc) is 2.69. The Hall–Kier alpha value is -3.54. The molecule has 144 valence electrons. The summed E-state index contributed by atoms with van der Waals surface area (Å²) in [6.45, 7) is 3.95. The van der Waals surface area contributed by atoms with Gasteiger partial charge in [-0.2, -0.15) is 0 Å². The van der Waals surface area contributed by atoms with E-state index in [-0.39, 0.29) is 12.0 Å². The van der Waals surface area contributed by atoms with Crippen LogP contribution in [0.1, 0.15) is 24.3 Å². The minimum Gasteiger partial charge on any atom is -0.497 e. The zero-order chi connectivity index (χ0) is 19.9. The van der Waals surface area contributed by atoms with Gasteiger partial charge in [0.1, 0.15) is 17.2 Å². The number of hydrogen-bond acceptors (Lipinski definition) is 5. The van der Waals surface area contributed by atoms with Crippen LogP contribution in [0.2, 0.25) is 0 Å². The Balaban J connectivity index is 1.76. The van der Waals surface area contributed by atoms with Crippen LogP contribution in [0.3, 0.4) is 0 Å². The summed E-state index contributed by atoms with van der Waals surface area (Å²) in [5.74, 6) is 1.11. The Morgan fingerprint density at radius 3 is 2.61 bits per heavy atom. The van der Waals surface area contributed by atoms with Gasteiger partial charge >= 0.3 is 0 Å². The summed E-state index contributed by atoms with van der Waals surface area (Å²) in [5.41, 5.74) is 2.50. The van der Waals surface area contributed by atoms with Gasteiger partial charge in [-0.05, 0) is 50.2 Å². The molecule has 0 fully saturated rings. The molecule has 0 radical (unpaired) electrons. The lowest BCUT2D eigenvalue weighted by atomic mass is 10.2. The third kappa shape index (κ3) is 5.01. The maximum atomic E-state index is 12.6. The largest absolute Gasteiger partial charge is 0.497 e. The second-order valence-electron chi connectivity index (χ2n) is 6.40. The maximum Gasteiger partial charge on any atom is 0.274 e. The lowest BCUT2D eigenvalue weighted by Gasteiger charge is -2.15. The van der Waals surface area contributed by atoms with Crippen LogP contribution >= 0.6 is 0 Å². The van der Waals surface area contributed by atoms with Crippen molar-refractivity contribution >= 4 is 23.0 Å². The summed E-state index contributed by atoms with van der Waals surface area (Å²) in [5, 5.41) is 6.12. The van der Waals surface area contributed by atoms with E-state index in [0.717, 1.165) is 17.1 Å². The SMILES string of the molecule is COc1cccc(NC(=O)c2cc(Nc3ccccc3OC(C)C)ccn2)c1. The highest BCUT2D eigenvalue weighted by molar-refractivity contribution is 6.03. The first-order valence-electron chi connectivity index (χ1n) is 8.99. The molecule has 0 unspecified atom stereocenters. The van der Waals surface area contributed by atoms with Crippen molar-refractivity contribution in [1.82, 2.24) is 4.98 Å². The molecule has 0 bridgehead atoms. The monoisotopic (exact) mass is 377 g/mol. The van der Waals surface area contributed by atoms with E-state index in [4.69, 9.17) is 9.47 Å². The van der Waals surface area contributed by atoms with Crippen LogP contribution in [0.15, 0.2) is 66.9 Å². The maximum absolute atomic E-state index is 12.6. The summed E-state index contributed by atoms with van der Waals surface area (Å²) in [6, 6.07) is 18.3. The molecule has 0 saturated heterocycles. The molecule has 1 amide bonds. The second-order valence-corrected chi connectivity index (χ2v) is 6.40. The third-order valence-electron chi connectivity index (χ3n) is 3.85. The van der Waals surface area contributed by atoms with Gasteiger partial charge in [0.25, 0.3) is 5.91 Å². The van der Waals surface area contributed by atoms with E-state index in [2.05, 4.69) is 15.6 Å². The number of carbonyl (C=O) groups is 1. The van der Waals surface area contributed by atoms with Gasteiger partial charge in [-0.3, -0.25) is 9.78 Å². The Labute approximate surface area is 164 Å². The highest BCUT2D eigenvalue weighted by Crippen LogP contribution is 2.28. The number of hydrogen-bond donors (Lipinski definition) is 2. The number of aromatic nitrogens is 1. The summed E-state index contributed by atoms with van der Waals surface area (Å²) in [6.07, 6.45) is 1.65. The van der Waals surface area contributed by atoms with Crippen molar-refractivity contribution in [3.63, 3.8) is 0 Å². The summed E-state index contributed by atoms with van der Waals surface area (Å²) in [4.78, 5) is 16.7. The van der Waals surface area contributed by atoms with E-state index in [1.165, 1.54) is 0 Å². The molecule has 28 heavy (non-hydrogen) atoms. The average molecular weight is 377 g/mol. The van der Waals surface area contributed by atoms with E-state index < -0.39 is 0 Å². The molecule has 3 rings (SSSR count). The number of nitrogens with one attached hydrogen (secondary N) is 2. The molecule has 1 heterocycles. The molecule has 0 saturated carbocycles. The summed E-state index contributed by atoms with van der Waals surface area (Å²) in [7, 11) is 1.58. The van der Waals surface area contributed by atoms with Gasteiger partial charge in [0.2, 0.25) is 0 Å². The van der Waals surface area contributed by atoms with Crippen LogP contribution in [-0.4, -0.2) is 24.1 Å². The molecule has 1 aromatic heterocycles. The summed E-state index contributed by atoms with van der Waals surface area (Å²) < 4.78 is 11.0. The molecule has 2 aromatic carbocycles. The lowest BCUT2D eigenvalue weighted by Crippen LogP contribution is -2.14. The van der Waals surface area contributed by atoms with Gasteiger partial charge in [0.05, 0.1) is 18.9 Å². The molecule has 2 N–H and O–H groups in total. The number of carbonyl (C=O) groups excluding carboxylic acids is 1. The van der Waals surface area contributed by atoms with Crippen LogP contribution in [0.25, 0.3) is 0 Å². The zero-order valence-corrected chi connectivity index (χ0v) is 16.1. The fourth-order valence-electron chi connectivity index (χ4n) is 2.61. The van der Waals surface area contributed by atoms with E-state index in [1.807, 2.05) is 50.2 Å². The predicted molar refractivity (Wildman–Crippen MR) is 111 cm³/mol. The summed E-state index contributed by atoms with van der Waals surface area (Å²) >= 11 is 0. The molecule has 0 aliphatic rings. The van der Waals surface area contributed by atoms with Crippen molar-refractivity contribution in [2.45, 2.75) is 20.0 Å². The molecule has 0 aliphatic heterocycles. The number of amides is 1. The van der Waals surface area contributed by atoms with Crippen molar-refractivity contribution < 1.29 is 14.3 Å². The number of pyridine rings is 1. The van der Waals surface area contributed by atoms with E-state index in [9.17, 15) is 4.79 Å². The highest BCUT2D eigenvalue weighted by atomic mass is 16.5. The van der Waals surface area contributed by atoms with Gasteiger partial charge in [0, 0.05) is 23.6 Å². The van der Waals surface area contributed by atoms with Crippen LogP contribution in [0.4, 0.5) is 17.1 Å². The molecule has 0 aliphatic carbocycles. The molecule has 6 heteroatoms. The van der Waals surface area contributed by atoms with Gasteiger partial charge in [-0.25, -0.2) is 0 Å². The second kappa shape index (κ2) is 8.90. The zero-order valence-electron chi connectivity index (χ0n) is 16.1. The third-order valence-corrected chi connectivity index (χ3v) is 3.85. The lowest BCUT2D eigenvalue weighted by molar-refractivity contribution is 0.102. The number of rotatable bonds is 7. The number of para-hydroxylation sites is 2. The molecular formula is C22H23N3O3. The first-order valence-corrected chi connectivity index (χ1v) is 8.99. The number of methoxy groups -OCH3 is 1. The van der Waals surface area contributed by atoms with E-state index >= 15 is 0 Å². The minimum atomic E-state index is -0.302. The van der Waals surface area contributed by atoms with Crippen molar-refractivity contribution in [3.05, 3.63) is 72.6 Å². The van der Waals surface area contributed by atoms with Crippen molar-refractivity contribution in [1.29, 1.82) is 0 Å². The quantitative estimate of drug-likeness (QED) is 0.614. The number of benzene rings is 2. The first-order chi connectivity index (χ1) is 13.5. The number of nitrogens with zero attached hydrogens (tertiary/aromatic N) is 1. The Kier molecular flexibility index (Phi) is 6.11. The van der Waals surface area contributed by atoms with Gasteiger partial charge in [0.15, 0.2) is 0 Å². The molecule has 3 aromatic rings. The van der Waals surface area contributed by atoms with Crippen LogP contribution in [0.5, 0.6) is 11.5 Å².